The minimum atomic E-state index is 0.537. The molecule has 1 heterocycles. The van der Waals surface area contributed by atoms with Crippen molar-refractivity contribution >= 4 is 5.82 Å². The smallest absolute Gasteiger partial charge is 0.148 e. The van der Waals surface area contributed by atoms with Crippen molar-refractivity contribution in [1.29, 1.82) is 0 Å². The van der Waals surface area contributed by atoms with Crippen molar-refractivity contribution in [3.8, 4) is 0 Å². The molecule has 1 rings (SSSR count). The van der Waals surface area contributed by atoms with Crippen LogP contribution in [0.5, 0.6) is 0 Å². The monoisotopic (exact) mass is 223 g/mol. The van der Waals surface area contributed by atoms with E-state index in [2.05, 4.69) is 38.1 Å². The largest absolute Gasteiger partial charge is 0.366 e. The molecule has 0 amide bonds. The molecule has 0 aliphatic carbocycles. The average molecular weight is 223 g/mol. The van der Waals surface area contributed by atoms with Gasteiger partial charge in [-0.05, 0) is 24.7 Å². The molecule has 3 heteroatoms. The lowest BCUT2D eigenvalue weighted by molar-refractivity contribution is 0.441. The zero-order valence-corrected chi connectivity index (χ0v) is 11.2. The highest BCUT2D eigenvalue weighted by molar-refractivity contribution is 5.33. The highest BCUT2D eigenvalue weighted by atomic mass is 15.3. The molecule has 1 aromatic heterocycles. The molecule has 0 unspecified atom stereocenters. The van der Waals surface area contributed by atoms with Gasteiger partial charge in [-0.1, -0.05) is 27.7 Å². The molecule has 0 aliphatic heterocycles. The lowest BCUT2D eigenvalue weighted by Crippen LogP contribution is -2.23. The van der Waals surface area contributed by atoms with Crippen LogP contribution >= 0.6 is 0 Å². The molecule has 1 N–H and O–H groups in total. The van der Waals surface area contributed by atoms with E-state index in [4.69, 9.17) is 0 Å². The zero-order chi connectivity index (χ0) is 12.1. The van der Waals surface area contributed by atoms with Gasteiger partial charge in [-0.25, -0.2) is 0 Å². The van der Waals surface area contributed by atoms with E-state index in [0.717, 1.165) is 17.7 Å². The Morgan fingerprint density at radius 3 is 2.12 bits per heavy atom. The number of anilines is 1. The van der Waals surface area contributed by atoms with E-state index in [9.17, 15) is 0 Å². The van der Waals surface area contributed by atoms with Gasteiger partial charge in [0.25, 0.3) is 0 Å². The summed E-state index contributed by atoms with van der Waals surface area (Å²) in [5, 5.41) is 7.90. The van der Waals surface area contributed by atoms with Crippen LogP contribution in [0.4, 0.5) is 5.82 Å². The molecule has 92 valence electrons. The van der Waals surface area contributed by atoms with E-state index in [1.54, 1.807) is 0 Å². The highest BCUT2D eigenvalue weighted by Gasteiger charge is 2.13. The van der Waals surface area contributed by atoms with E-state index in [-0.39, 0.29) is 0 Å². The van der Waals surface area contributed by atoms with Crippen molar-refractivity contribution in [3.05, 3.63) is 12.3 Å². The van der Waals surface area contributed by atoms with Gasteiger partial charge in [-0.2, -0.15) is 5.10 Å². The van der Waals surface area contributed by atoms with Crippen LogP contribution < -0.4 is 5.32 Å². The number of nitrogens with zero attached hydrogens (tertiary/aromatic N) is 2. The molecule has 0 spiro atoms. The van der Waals surface area contributed by atoms with Gasteiger partial charge in [0, 0.05) is 25.4 Å². The summed E-state index contributed by atoms with van der Waals surface area (Å²) in [5.74, 6) is 2.44. The second-order valence-corrected chi connectivity index (χ2v) is 5.48. The first kappa shape index (κ1) is 13.1. The van der Waals surface area contributed by atoms with Crippen LogP contribution in [0.2, 0.25) is 0 Å². The highest BCUT2D eigenvalue weighted by Crippen LogP contribution is 2.17. The van der Waals surface area contributed by atoms with Crippen LogP contribution in [0.3, 0.4) is 0 Å². The molecule has 0 saturated carbocycles. The summed E-state index contributed by atoms with van der Waals surface area (Å²) in [4.78, 5) is 0. The SMILES string of the molecule is CC(C)CC(CC(C)C)Nc1ccn(C)n1. The first-order chi connectivity index (χ1) is 7.47. The summed E-state index contributed by atoms with van der Waals surface area (Å²) in [7, 11) is 1.95. The van der Waals surface area contributed by atoms with E-state index in [0.29, 0.717) is 6.04 Å². The van der Waals surface area contributed by atoms with Crippen LogP contribution in [0.1, 0.15) is 40.5 Å². The van der Waals surface area contributed by atoms with Crippen LogP contribution in [-0.4, -0.2) is 15.8 Å². The van der Waals surface area contributed by atoms with Gasteiger partial charge in [0.2, 0.25) is 0 Å². The van der Waals surface area contributed by atoms with E-state index in [1.165, 1.54) is 12.8 Å². The predicted molar refractivity (Wildman–Crippen MR) is 69.5 cm³/mol. The molecule has 0 aliphatic rings. The number of aryl methyl sites for hydroxylation is 1. The van der Waals surface area contributed by atoms with Crippen molar-refractivity contribution in [3.63, 3.8) is 0 Å². The Morgan fingerprint density at radius 2 is 1.75 bits per heavy atom. The van der Waals surface area contributed by atoms with Gasteiger partial charge >= 0.3 is 0 Å². The molecular formula is C13H25N3. The van der Waals surface area contributed by atoms with Gasteiger partial charge in [0.15, 0.2) is 0 Å². The lowest BCUT2D eigenvalue weighted by atomic mass is 9.96. The predicted octanol–water partition coefficient (Wildman–Crippen LogP) is 3.29. The third kappa shape index (κ3) is 4.69. The summed E-state index contributed by atoms with van der Waals surface area (Å²) < 4.78 is 1.84. The Labute approximate surface area is 99.2 Å². The second-order valence-electron chi connectivity index (χ2n) is 5.48. The molecular weight excluding hydrogens is 198 g/mol. The fraction of sp³-hybridized carbons (Fsp3) is 0.769. The van der Waals surface area contributed by atoms with Gasteiger partial charge in [0.1, 0.15) is 5.82 Å². The maximum absolute atomic E-state index is 4.37. The summed E-state index contributed by atoms with van der Waals surface area (Å²) >= 11 is 0. The van der Waals surface area contributed by atoms with Crippen molar-refractivity contribution < 1.29 is 0 Å². The van der Waals surface area contributed by atoms with E-state index in [1.807, 2.05) is 24.0 Å². The van der Waals surface area contributed by atoms with Gasteiger partial charge in [-0.3, -0.25) is 4.68 Å². The molecule has 0 aromatic carbocycles. The zero-order valence-electron chi connectivity index (χ0n) is 11.2. The molecule has 16 heavy (non-hydrogen) atoms. The van der Waals surface area contributed by atoms with Gasteiger partial charge in [-0.15, -0.1) is 0 Å². The van der Waals surface area contributed by atoms with Crippen molar-refractivity contribution in [2.45, 2.75) is 46.6 Å². The molecule has 0 atom stereocenters. The number of hydrogen-bond donors (Lipinski definition) is 1. The van der Waals surface area contributed by atoms with Crippen molar-refractivity contribution in [1.82, 2.24) is 9.78 Å². The van der Waals surface area contributed by atoms with Crippen LogP contribution in [0.25, 0.3) is 0 Å². The fourth-order valence-electron chi connectivity index (χ4n) is 2.05. The quantitative estimate of drug-likeness (QED) is 0.802. The summed E-state index contributed by atoms with van der Waals surface area (Å²) in [5.41, 5.74) is 0. The summed E-state index contributed by atoms with van der Waals surface area (Å²) in [6.45, 7) is 9.09. The molecule has 3 nitrogen and oxygen atoms in total. The Hall–Kier alpha value is -0.990. The number of nitrogens with one attached hydrogen (secondary N) is 1. The van der Waals surface area contributed by atoms with Crippen molar-refractivity contribution in [2.75, 3.05) is 5.32 Å². The van der Waals surface area contributed by atoms with Crippen molar-refractivity contribution in [2.24, 2.45) is 18.9 Å². The van der Waals surface area contributed by atoms with E-state index >= 15 is 0 Å². The lowest BCUT2D eigenvalue weighted by Gasteiger charge is -2.22. The van der Waals surface area contributed by atoms with Crippen LogP contribution in [0, 0.1) is 11.8 Å². The number of rotatable bonds is 6. The molecule has 0 bridgehead atoms. The summed E-state index contributed by atoms with van der Waals surface area (Å²) in [6, 6.07) is 2.57. The van der Waals surface area contributed by atoms with E-state index < -0.39 is 0 Å². The fourth-order valence-corrected chi connectivity index (χ4v) is 2.05. The minimum absolute atomic E-state index is 0.537. The second kappa shape index (κ2) is 5.92. The first-order valence-corrected chi connectivity index (χ1v) is 6.23. The molecule has 0 fully saturated rings. The third-order valence-corrected chi connectivity index (χ3v) is 2.58. The average Bonchev–Trinajstić information content (AvgIpc) is 2.48. The maximum atomic E-state index is 4.37. The van der Waals surface area contributed by atoms with Gasteiger partial charge < -0.3 is 5.32 Å². The standard InChI is InChI=1S/C13H25N3/c1-10(2)8-12(9-11(3)4)14-13-6-7-16(5)15-13/h6-7,10-12H,8-9H2,1-5H3,(H,14,15). The number of aromatic nitrogens is 2. The molecule has 1 aromatic rings. The summed E-state index contributed by atoms with van der Waals surface area (Å²) in [6.07, 6.45) is 4.38. The Morgan fingerprint density at radius 1 is 1.19 bits per heavy atom. The Bertz CT molecular complexity index is 292. The third-order valence-electron chi connectivity index (χ3n) is 2.58. The normalized spacial score (nSPS) is 11.8. The van der Waals surface area contributed by atoms with Crippen LogP contribution in [0.15, 0.2) is 12.3 Å². The molecule has 0 radical (unpaired) electrons. The molecule has 0 saturated heterocycles. The topological polar surface area (TPSA) is 29.9 Å². The van der Waals surface area contributed by atoms with Gasteiger partial charge in [0.05, 0.1) is 0 Å². The Balaban J connectivity index is 2.55. The van der Waals surface area contributed by atoms with Crippen LogP contribution in [-0.2, 0) is 7.05 Å². The number of hydrogen-bond acceptors (Lipinski definition) is 2. The maximum Gasteiger partial charge on any atom is 0.148 e. The minimum Gasteiger partial charge on any atom is -0.366 e. The first-order valence-electron chi connectivity index (χ1n) is 6.23. The Kier molecular flexibility index (Phi) is 4.84.